The van der Waals surface area contributed by atoms with Crippen LogP contribution in [0.4, 0.5) is 5.69 Å². The summed E-state index contributed by atoms with van der Waals surface area (Å²) in [7, 11) is 0. The number of carbonyl (C=O) groups excluding carboxylic acids is 2. The Balaban J connectivity index is 1.47. The van der Waals surface area contributed by atoms with E-state index in [1.165, 1.54) is 0 Å². The van der Waals surface area contributed by atoms with Crippen molar-refractivity contribution in [2.24, 2.45) is 0 Å². The Hall–Kier alpha value is -2.65. The van der Waals surface area contributed by atoms with E-state index in [2.05, 4.69) is 20.5 Å². The van der Waals surface area contributed by atoms with E-state index in [0.29, 0.717) is 53.0 Å². The molecular weight excluding hydrogens is 432 g/mol. The number of aromatic nitrogens is 1. The van der Waals surface area contributed by atoms with Crippen molar-refractivity contribution in [2.45, 2.75) is 20.0 Å². The third-order valence-electron chi connectivity index (χ3n) is 5.83. The minimum atomic E-state index is -0.665. The smallest absolute Gasteiger partial charge is 0.256 e. The van der Waals surface area contributed by atoms with Gasteiger partial charge in [-0.05, 0) is 43.7 Å². The number of aromatic amines is 1. The second-order valence-corrected chi connectivity index (χ2v) is 8.58. The molecule has 9 heteroatoms. The van der Waals surface area contributed by atoms with E-state index in [1.54, 1.807) is 24.3 Å². The molecule has 0 aliphatic carbocycles. The Morgan fingerprint density at radius 3 is 2.84 bits per heavy atom. The number of aryl methyl sites for hydroxylation is 1. The topological polar surface area (TPSA) is 107 Å². The van der Waals surface area contributed by atoms with Gasteiger partial charge in [0, 0.05) is 53.8 Å². The van der Waals surface area contributed by atoms with Crippen LogP contribution in [0.1, 0.15) is 32.9 Å². The van der Waals surface area contributed by atoms with Crippen molar-refractivity contribution >= 4 is 40.8 Å². The normalized spacial score (nSPS) is 18.5. The summed E-state index contributed by atoms with van der Waals surface area (Å²) in [6, 6.07) is 5.24. The van der Waals surface area contributed by atoms with Crippen LogP contribution in [-0.4, -0.2) is 72.3 Å². The standard InChI is InChI=1S/C23H27ClN4O4/c1-13-20(10-18-17-9-15(24)3-4-19(17)27-22(18)30)26-14(2)21(13)23(31)25-11-16(29)12-28-5-7-32-8-6-28/h3-4,9-10,16,26,29H,5-8,11-12H2,1-2H3,(H,25,31)(H,27,30)/t16-/m0/s1. The van der Waals surface area contributed by atoms with E-state index in [4.69, 9.17) is 16.3 Å². The van der Waals surface area contributed by atoms with Crippen molar-refractivity contribution in [3.05, 3.63) is 51.3 Å². The number of amides is 2. The highest BCUT2D eigenvalue weighted by Crippen LogP contribution is 2.35. The Labute approximate surface area is 191 Å². The zero-order valence-corrected chi connectivity index (χ0v) is 18.9. The number of aliphatic hydroxyl groups is 1. The summed E-state index contributed by atoms with van der Waals surface area (Å²) in [6.07, 6.45) is 1.07. The molecule has 0 bridgehead atoms. The second-order valence-electron chi connectivity index (χ2n) is 8.14. The maximum atomic E-state index is 12.8. The van der Waals surface area contributed by atoms with Gasteiger partial charge in [0.05, 0.1) is 30.5 Å². The summed E-state index contributed by atoms with van der Waals surface area (Å²) < 4.78 is 5.31. The molecule has 2 aliphatic rings. The van der Waals surface area contributed by atoms with Crippen LogP contribution in [0.25, 0.3) is 11.6 Å². The summed E-state index contributed by atoms with van der Waals surface area (Å²) in [4.78, 5) is 30.6. The molecule has 0 saturated carbocycles. The molecule has 4 rings (SSSR count). The molecule has 1 aromatic heterocycles. The van der Waals surface area contributed by atoms with Crippen molar-refractivity contribution in [1.29, 1.82) is 0 Å². The number of hydrogen-bond donors (Lipinski definition) is 4. The van der Waals surface area contributed by atoms with Gasteiger partial charge in [0.2, 0.25) is 0 Å². The summed E-state index contributed by atoms with van der Waals surface area (Å²) >= 11 is 6.11. The van der Waals surface area contributed by atoms with Crippen molar-refractivity contribution in [3.8, 4) is 0 Å². The van der Waals surface area contributed by atoms with Crippen LogP contribution in [0.3, 0.4) is 0 Å². The summed E-state index contributed by atoms with van der Waals surface area (Å²) in [5, 5.41) is 16.5. The first-order valence-electron chi connectivity index (χ1n) is 10.6. The van der Waals surface area contributed by atoms with Gasteiger partial charge in [-0.15, -0.1) is 0 Å². The minimum absolute atomic E-state index is 0.158. The molecule has 0 spiro atoms. The first-order chi connectivity index (χ1) is 15.3. The van der Waals surface area contributed by atoms with E-state index >= 15 is 0 Å². The highest BCUT2D eigenvalue weighted by molar-refractivity contribution is 6.36. The fourth-order valence-corrected chi connectivity index (χ4v) is 4.32. The van der Waals surface area contributed by atoms with Gasteiger partial charge in [0.1, 0.15) is 0 Å². The predicted molar refractivity (Wildman–Crippen MR) is 124 cm³/mol. The van der Waals surface area contributed by atoms with Gasteiger partial charge in [0.15, 0.2) is 0 Å². The van der Waals surface area contributed by atoms with Gasteiger partial charge in [0.25, 0.3) is 11.8 Å². The lowest BCUT2D eigenvalue weighted by Gasteiger charge is -2.28. The van der Waals surface area contributed by atoms with E-state index in [-0.39, 0.29) is 18.4 Å². The summed E-state index contributed by atoms with van der Waals surface area (Å²) in [5.74, 6) is -0.479. The molecule has 1 aromatic carbocycles. The number of fused-ring (bicyclic) bond motifs is 1. The molecule has 2 aromatic rings. The number of hydrogen-bond acceptors (Lipinski definition) is 5. The van der Waals surface area contributed by atoms with Crippen LogP contribution in [0.2, 0.25) is 5.02 Å². The fourth-order valence-electron chi connectivity index (χ4n) is 4.15. The lowest BCUT2D eigenvalue weighted by Crippen LogP contribution is -2.44. The van der Waals surface area contributed by atoms with E-state index in [0.717, 1.165) is 24.2 Å². The lowest BCUT2D eigenvalue weighted by atomic mass is 10.0. The van der Waals surface area contributed by atoms with Crippen molar-refractivity contribution in [2.75, 3.05) is 44.7 Å². The molecule has 0 unspecified atom stereocenters. The molecule has 2 aliphatic heterocycles. The third-order valence-corrected chi connectivity index (χ3v) is 6.06. The molecule has 170 valence electrons. The number of anilines is 1. The molecule has 1 atom stereocenters. The number of β-amino-alcohol motifs (C(OH)–C–C–N with tert-alkyl or cyclic N) is 1. The monoisotopic (exact) mass is 458 g/mol. The van der Waals surface area contributed by atoms with Crippen LogP contribution in [0, 0.1) is 13.8 Å². The molecule has 32 heavy (non-hydrogen) atoms. The van der Waals surface area contributed by atoms with Crippen molar-refractivity contribution < 1.29 is 19.4 Å². The molecule has 1 fully saturated rings. The molecule has 8 nitrogen and oxygen atoms in total. The average molecular weight is 459 g/mol. The van der Waals surface area contributed by atoms with E-state index in [9.17, 15) is 14.7 Å². The maximum Gasteiger partial charge on any atom is 0.256 e. The van der Waals surface area contributed by atoms with Gasteiger partial charge in [-0.3, -0.25) is 14.5 Å². The average Bonchev–Trinajstić information content (AvgIpc) is 3.22. The van der Waals surface area contributed by atoms with Gasteiger partial charge in [-0.1, -0.05) is 11.6 Å². The quantitative estimate of drug-likeness (QED) is 0.496. The molecule has 2 amide bonds. The largest absolute Gasteiger partial charge is 0.390 e. The fraction of sp³-hybridized carbons (Fsp3) is 0.391. The molecule has 0 radical (unpaired) electrons. The number of morpholine rings is 1. The third kappa shape index (κ3) is 4.73. The lowest BCUT2D eigenvalue weighted by molar-refractivity contribution is -0.110. The number of H-pyrrole nitrogens is 1. The molecular formula is C23H27ClN4O4. The number of ether oxygens (including phenoxy) is 1. The Morgan fingerprint density at radius 1 is 1.34 bits per heavy atom. The number of rotatable bonds is 6. The second kappa shape index (κ2) is 9.46. The highest BCUT2D eigenvalue weighted by Gasteiger charge is 2.26. The Kier molecular flexibility index (Phi) is 6.66. The number of nitrogens with one attached hydrogen (secondary N) is 3. The highest BCUT2D eigenvalue weighted by atomic mass is 35.5. The van der Waals surface area contributed by atoms with Gasteiger partial charge in [-0.25, -0.2) is 0 Å². The first-order valence-corrected chi connectivity index (χ1v) is 11.0. The maximum absolute atomic E-state index is 12.8. The number of aliphatic hydroxyl groups excluding tert-OH is 1. The van der Waals surface area contributed by atoms with Crippen LogP contribution in [-0.2, 0) is 9.53 Å². The SMILES string of the molecule is Cc1[nH]c(C=C2C(=O)Nc3ccc(Cl)cc32)c(C)c1C(=O)NC[C@H](O)CN1CCOCC1. The van der Waals surface area contributed by atoms with Gasteiger partial charge >= 0.3 is 0 Å². The molecule has 4 N–H and O–H groups in total. The number of nitrogens with zero attached hydrogens (tertiary/aromatic N) is 1. The van der Waals surface area contributed by atoms with E-state index < -0.39 is 6.10 Å². The first kappa shape index (κ1) is 22.5. The van der Waals surface area contributed by atoms with Crippen LogP contribution in [0.15, 0.2) is 18.2 Å². The van der Waals surface area contributed by atoms with Crippen molar-refractivity contribution in [1.82, 2.24) is 15.2 Å². The minimum Gasteiger partial charge on any atom is -0.390 e. The predicted octanol–water partition coefficient (Wildman–Crippen LogP) is 2.20. The number of benzene rings is 1. The molecule has 1 saturated heterocycles. The number of halogens is 1. The zero-order valence-electron chi connectivity index (χ0n) is 18.1. The van der Waals surface area contributed by atoms with Crippen molar-refractivity contribution in [3.63, 3.8) is 0 Å². The van der Waals surface area contributed by atoms with Crippen LogP contribution >= 0.6 is 11.6 Å². The van der Waals surface area contributed by atoms with Gasteiger partial charge < -0.3 is 25.5 Å². The summed E-state index contributed by atoms with van der Waals surface area (Å²) in [5.41, 5.74) is 4.54. The van der Waals surface area contributed by atoms with Crippen LogP contribution < -0.4 is 10.6 Å². The Bertz CT molecular complexity index is 1070. The van der Waals surface area contributed by atoms with Gasteiger partial charge in [-0.2, -0.15) is 0 Å². The molecule has 3 heterocycles. The van der Waals surface area contributed by atoms with E-state index in [1.807, 2.05) is 13.8 Å². The number of carbonyl (C=O) groups is 2. The zero-order chi connectivity index (χ0) is 22.8. The van der Waals surface area contributed by atoms with Crippen LogP contribution in [0.5, 0.6) is 0 Å². The Morgan fingerprint density at radius 2 is 2.09 bits per heavy atom. The summed E-state index contributed by atoms with van der Waals surface area (Å²) in [6.45, 7) is 7.17.